The lowest BCUT2D eigenvalue weighted by Gasteiger charge is -2.29. The molecule has 0 saturated carbocycles. The Labute approximate surface area is 189 Å². The van der Waals surface area contributed by atoms with Crippen LogP contribution in [0.5, 0.6) is 5.75 Å². The van der Waals surface area contributed by atoms with E-state index in [2.05, 4.69) is 17.3 Å². The maximum atomic E-state index is 14.0. The van der Waals surface area contributed by atoms with Crippen molar-refractivity contribution in [3.8, 4) is 5.75 Å². The highest BCUT2D eigenvalue weighted by molar-refractivity contribution is 7.92. The van der Waals surface area contributed by atoms with Crippen LogP contribution >= 0.6 is 0 Å². The number of likely N-dealkylation sites (tertiary alicyclic amines) is 1. The molecule has 2 aromatic carbocycles. The zero-order valence-electron chi connectivity index (χ0n) is 18.5. The van der Waals surface area contributed by atoms with Gasteiger partial charge >= 0.3 is 0 Å². The molecule has 1 fully saturated rings. The molecule has 7 nitrogen and oxygen atoms in total. The topological polar surface area (TPSA) is 79.0 Å². The molecule has 32 heavy (non-hydrogen) atoms. The van der Waals surface area contributed by atoms with E-state index in [0.717, 1.165) is 42.2 Å². The van der Waals surface area contributed by atoms with Gasteiger partial charge in [-0.05, 0) is 62.7 Å². The second-order valence-corrected chi connectivity index (χ2v) is 9.99. The Morgan fingerprint density at radius 3 is 2.44 bits per heavy atom. The highest BCUT2D eigenvalue weighted by Gasteiger charge is 2.21. The van der Waals surface area contributed by atoms with E-state index in [4.69, 9.17) is 4.74 Å². The molecule has 0 unspecified atom stereocenters. The second-order valence-electron chi connectivity index (χ2n) is 8.08. The van der Waals surface area contributed by atoms with Gasteiger partial charge in [-0.1, -0.05) is 12.1 Å². The number of rotatable bonds is 9. The number of sulfonamides is 1. The number of nitrogens with one attached hydrogen (secondary N) is 1. The van der Waals surface area contributed by atoms with Gasteiger partial charge in [-0.3, -0.25) is 9.10 Å². The van der Waals surface area contributed by atoms with Crippen molar-refractivity contribution >= 4 is 27.3 Å². The molecule has 1 amide bonds. The Kier molecular flexibility index (Phi) is 8.09. The Bertz CT molecular complexity index is 1010. The van der Waals surface area contributed by atoms with Crippen LogP contribution in [0.1, 0.15) is 25.7 Å². The van der Waals surface area contributed by atoms with E-state index in [0.29, 0.717) is 5.69 Å². The van der Waals surface area contributed by atoms with E-state index >= 15 is 0 Å². The maximum absolute atomic E-state index is 14.0. The van der Waals surface area contributed by atoms with Crippen LogP contribution in [-0.4, -0.2) is 58.3 Å². The molecule has 3 rings (SSSR count). The minimum atomic E-state index is -3.67. The average Bonchev–Trinajstić information content (AvgIpc) is 2.74. The molecule has 1 N–H and O–H groups in total. The van der Waals surface area contributed by atoms with Crippen LogP contribution in [0.3, 0.4) is 0 Å². The summed E-state index contributed by atoms with van der Waals surface area (Å²) in [5.41, 5.74) is 0.621. The van der Waals surface area contributed by atoms with Crippen molar-refractivity contribution in [2.24, 2.45) is 0 Å². The summed E-state index contributed by atoms with van der Waals surface area (Å²) in [4.78, 5) is 14.6. The number of halogens is 1. The summed E-state index contributed by atoms with van der Waals surface area (Å²) >= 11 is 0. The van der Waals surface area contributed by atoms with Gasteiger partial charge in [0.15, 0.2) is 0 Å². The van der Waals surface area contributed by atoms with Gasteiger partial charge < -0.3 is 15.0 Å². The van der Waals surface area contributed by atoms with E-state index in [1.165, 1.54) is 18.2 Å². The summed E-state index contributed by atoms with van der Waals surface area (Å²) in [6.45, 7) is 2.05. The van der Waals surface area contributed by atoms with Crippen LogP contribution in [0.4, 0.5) is 15.8 Å². The SMILES string of the molecule is CN1CCC(Oc2ccc(NC(=O)CCCN(c3ccccc3F)S(C)(=O)=O)cc2)CC1. The van der Waals surface area contributed by atoms with Crippen LogP contribution in [0.25, 0.3) is 0 Å². The van der Waals surface area contributed by atoms with E-state index in [9.17, 15) is 17.6 Å². The van der Waals surface area contributed by atoms with Gasteiger partial charge in [-0.15, -0.1) is 0 Å². The van der Waals surface area contributed by atoms with Crippen LogP contribution in [0, 0.1) is 5.82 Å². The predicted molar refractivity (Wildman–Crippen MR) is 124 cm³/mol. The molecule has 0 spiro atoms. The summed E-state index contributed by atoms with van der Waals surface area (Å²) in [7, 11) is -1.57. The lowest BCUT2D eigenvalue weighted by Crippen LogP contribution is -2.35. The second kappa shape index (κ2) is 10.8. The van der Waals surface area contributed by atoms with Crippen LogP contribution in [-0.2, 0) is 14.8 Å². The Morgan fingerprint density at radius 1 is 1.16 bits per heavy atom. The van der Waals surface area contributed by atoms with E-state index in [-0.39, 0.29) is 37.1 Å². The number of piperidine rings is 1. The van der Waals surface area contributed by atoms with Crippen molar-refractivity contribution in [2.75, 3.05) is 42.6 Å². The number of para-hydroxylation sites is 1. The van der Waals surface area contributed by atoms with Crippen molar-refractivity contribution in [1.29, 1.82) is 0 Å². The maximum Gasteiger partial charge on any atom is 0.232 e. The first-order valence-electron chi connectivity index (χ1n) is 10.7. The van der Waals surface area contributed by atoms with Crippen molar-refractivity contribution in [3.63, 3.8) is 0 Å². The highest BCUT2D eigenvalue weighted by Crippen LogP contribution is 2.23. The number of benzene rings is 2. The van der Waals surface area contributed by atoms with Gasteiger partial charge in [0.1, 0.15) is 17.7 Å². The van der Waals surface area contributed by atoms with Gasteiger partial charge in [0.05, 0.1) is 11.9 Å². The molecule has 0 aromatic heterocycles. The predicted octanol–water partition coefficient (Wildman–Crippen LogP) is 3.48. The van der Waals surface area contributed by atoms with E-state index in [1.54, 1.807) is 18.2 Å². The molecule has 1 aliphatic heterocycles. The van der Waals surface area contributed by atoms with Crippen molar-refractivity contribution in [1.82, 2.24) is 4.90 Å². The lowest BCUT2D eigenvalue weighted by atomic mass is 10.1. The highest BCUT2D eigenvalue weighted by atomic mass is 32.2. The van der Waals surface area contributed by atoms with Gasteiger partial charge in [-0.2, -0.15) is 0 Å². The first-order chi connectivity index (χ1) is 15.2. The zero-order valence-corrected chi connectivity index (χ0v) is 19.3. The monoisotopic (exact) mass is 463 g/mol. The molecule has 2 aromatic rings. The zero-order chi connectivity index (χ0) is 23.1. The number of ether oxygens (including phenoxy) is 1. The van der Waals surface area contributed by atoms with Crippen LogP contribution in [0.15, 0.2) is 48.5 Å². The lowest BCUT2D eigenvalue weighted by molar-refractivity contribution is -0.116. The number of carbonyl (C=O) groups excluding carboxylic acids is 1. The number of nitrogens with zero attached hydrogens (tertiary/aromatic N) is 2. The third kappa shape index (κ3) is 6.93. The molecule has 0 radical (unpaired) electrons. The fourth-order valence-corrected chi connectivity index (χ4v) is 4.60. The first-order valence-corrected chi connectivity index (χ1v) is 12.5. The molecule has 0 aliphatic carbocycles. The number of amides is 1. The van der Waals surface area contributed by atoms with Gasteiger partial charge in [0, 0.05) is 31.7 Å². The quantitative estimate of drug-likeness (QED) is 0.616. The third-order valence-corrected chi connectivity index (χ3v) is 6.57. The standard InChI is InChI=1S/C23H30FN3O4S/c1-26-16-13-20(14-17-26)31-19-11-9-18(10-12-19)25-23(28)8-5-15-27(32(2,29)30)22-7-4-3-6-21(22)24/h3-4,6-7,9-12,20H,5,8,13-17H2,1-2H3,(H,25,28). The molecular weight excluding hydrogens is 433 g/mol. The summed E-state index contributed by atoms with van der Waals surface area (Å²) in [5.74, 6) is -0.0906. The molecule has 0 bridgehead atoms. The van der Waals surface area contributed by atoms with Crippen LogP contribution in [0.2, 0.25) is 0 Å². The Balaban J connectivity index is 1.48. The fraction of sp³-hybridized carbons (Fsp3) is 0.435. The third-order valence-electron chi connectivity index (χ3n) is 5.39. The summed E-state index contributed by atoms with van der Waals surface area (Å²) in [6, 6.07) is 12.9. The van der Waals surface area contributed by atoms with Gasteiger partial charge in [-0.25, -0.2) is 12.8 Å². The number of carbonyl (C=O) groups is 1. The smallest absolute Gasteiger partial charge is 0.232 e. The number of anilines is 2. The van der Waals surface area contributed by atoms with Gasteiger partial charge in [0.25, 0.3) is 0 Å². The Morgan fingerprint density at radius 2 is 1.81 bits per heavy atom. The first kappa shape index (κ1) is 24.0. The minimum absolute atomic E-state index is 0.0105. The largest absolute Gasteiger partial charge is 0.490 e. The van der Waals surface area contributed by atoms with Crippen molar-refractivity contribution in [3.05, 3.63) is 54.3 Å². The molecule has 9 heteroatoms. The summed E-state index contributed by atoms with van der Waals surface area (Å²) < 4.78 is 45.2. The minimum Gasteiger partial charge on any atom is -0.490 e. The average molecular weight is 464 g/mol. The molecule has 1 aliphatic rings. The molecule has 174 valence electrons. The molecular formula is C23H30FN3O4S. The van der Waals surface area contributed by atoms with E-state index in [1.807, 2.05) is 12.1 Å². The normalized spacial score (nSPS) is 15.3. The van der Waals surface area contributed by atoms with E-state index < -0.39 is 15.8 Å². The molecule has 1 saturated heterocycles. The number of hydrogen-bond donors (Lipinski definition) is 1. The van der Waals surface area contributed by atoms with Crippen molar-refractivity contribution in [2.45, 2.75) is 31.8 Å². The fourth-order valence-electron chi connectivity index (χ4n) is 3.64. The molecule has 1 heterocycles. The van der Waals surface area contributed by atoms with Crippen molar-refractivity contribution < 1.29 is 22.3 Å². The summed E-state index contributed by atoms with van der Waals surface area (Å²) in [6.07, 6.45) is 3.57. The van der Waals surface area contributed by atoms with Gasteiger partial charge in [0.2, 0.25) is 15.9 Å². The summed E-state index contributed by atoms with van der Waals surface area (Å²) in [5, 5.41) is 2.80. The molecule has 0 atom stereocenters. The number of hydrogen-bond acceptors (Lipinski definition) is 5. The Hall–Kier alpha value is -2.65. The van der Waals surface area contributed by atoms with Crippen LogP contribution < -0.4 is 14.4 Å².